The number of halogens is 1. The number of rotatable bonds is 5. The number of hydrogen-bond acceptors (Lipinski definition) is 4. The van der Waals surface area contributed by atoms with Crippen LogP contribution in [0.4, 0.5) is 5.69 Å². The minimum atomic E-state index is -0.463. The number of nitrogens with one attached hydrogen (secondary N) is 2. The number of amides is 2. The second-order valence-electron chi connectivity index (χ2n) is 6.93. The molecule has 0 aliphatic carbocycles. The van der Waals surface area contributed by atoms with Gasteiger partial charge in [-0.3, -0.25) is 9.59 Å². The highest BCUT2D eigenvalue weighted by Gasteiger charge is 2.12. The van der Waals surface area contributed by atoms with E-state index in [0.29, 0.717) is 27.4 Å². The van der Waals surface area contributed by atoms with Gasteiger partial charge in [0.25, 0.3) is 11.8 Å². The van der Waals surface area contributed by atoms with Gasteiger partial charge in [0.1, 0.15) is 5.75 Å². The molecule has 0 atom stereocenters. The van der Waals surface area contributed by atoms with Crippen molar-refractivity contribution in [2.45, 2.75) is 0 Å². The van der Waals surface area contributed by atoms with Crippen LogP contribution in [0.1, 0.15) is 26.3 Å². The van der Waals surface area contributed by atoms with Crippen LogP contribution in [0.2, 0.25) is 5.02 Å². The summed E-state index contributed by atoms with van der Waals surface area (Å²) < 4.78 is 0. The standard InChI is InChI=1S/C25H18ClN3O3/c26-22-11-4-3-10-20(22)25(32)28-18-8-5-7-17(14-18)24(31)29-27-15-21-19-9-2-1-6-16(19)12-13-23(21)30/h1-15,30H,(H,28,32)(H,29,31)/b27-15+. The molecule has 0 aromatic heterocycles. The van der Waals surface area contributed by atoms with Crippen molar-refractivity contribution in [1.29, 1.82) is 0 Å². The maximum atomic E-state index is 12.5. The topological polar surface area (TPSA) is 90.8 Å². The van der Waals surface area contributed by atoms with Crippen molar-refractivity contribution in [2.75, 3.05) is 5.32 Å². The lowest BCUT2D eigenvalue weighted by Crippen LogP contribution is -2.18. The second kappa shape index (κ2) is 9.32. The summed E-state index contributed by atoms with van der Waals surface area (Å²) in [6.07, 6.45) is 1.40. The summed E-state index contributed by atoms with van der Waals surface area (Å²) in [6.45, 7) is 0. The molecule has 3 N–H and O–H groups in total. The molecular weight excluding hydrogens is 426 g/mol. The SMILES string of the molecule is O=C(N/N=C/c1c(O)ccc2ccccc12)c1cccc(NC(=O)c2ccccc2Cl)c1. The number of phenolic OH excluding ortho intramolecular Hbond substituents is 1. The summed E-state index contributed by atoms with van der Waals surface area (Å²) in [5.41, 5.74) is 4.04. The number of benzene rings is 4. The van der Waals surface area contributed by atoms with Gasteiger partial charge in [-0.1, -0.05) is 60.1 Å². The Morgan fingerprint density at radius 2 is 1.66 bits per heavy atom. The maximum absolute atomic E-state index is 12.5. The number of carbonyl (C=O) groups excluding carboxylic acids is 2. The lowest BCUT2D eigenvalue weighted by Gasteiger charge is -2.08. The Hall–Kier alpha value is -4.16. The van der Waals surface area contributed by atoms with Crippen molar-refractivity contribution in [3.8, 4) is 5.75 Å². The molecule has 4 rings (SSSR count). The Balaban J connectivity index is 1.48. The van der Waals surface area contributed by atoms with Gasteiger partial charge in [0.2, 0.25) is 0 Å². The molecule has 0 aliphatic rings. The summed E-state index contributed by atoms with van der Waals surface area (Å²) in [6, 6.07) is 24.1. The molecule has 2 amide bonds. The van der Waals surface area contributed by atoms with E-state index in [1.165, 1.54) is 12.3 Å². The molecule has 0 saturated carbocycles. The van der Waals surface area contributed by atoms with Crippen LogP contribution < -0.4 is 10.7 Å². The van der Waals surface area contributed by atoms with E-state index in [9.17, 15) is 14.7 Å². The number of hydrogen-bond donors (Lipinski definition) is 3. The van der Waals surface area contributed by atoms with Gasteiger partial charge in [0, 0.05) is 16.8 Å². The molecule has 6 nitrogen and oxygen atoms in total. The summed E-state index contributed by atoms with van der Waals surface area (Å²) in [4.78, 5) is 25.0. The average Bonchev–Trinajstić information content (AvgIpc) is 2.81. The summed E-state index contributed by atoms with van der Waals surface area (Å²) in [5, 5.41) is 19.0. The predicted molar refractivity (Wildman–Crippen MR) is 127 cm³/mol. The number of hydrazone groups is 1. The van der Waals surface area contributed by atoms with Crippen LogP contribution in [0.15, 0.2) is 90.0 Å². The lowest BCUT2D eigenvalue weighted by atomic mass is 10.0. The quantitative estimate of drug-likeness (QED) is 0.292. The molecule has 0 aliphatic heterocycles. The largest absolute Gasteiger partial charge is 0.507 e. The van der Waals surface area contributed by atoms with Crippen LogP contribution >= 0.6 is 11.6 Å². The van der Waals surface area contributed by atoms with Gasteiger partial charge in [0.15, 0.2) is 0 Å². The molecule has 4 aromatic carbocycles. The zero-order valence-electron chi connectivity index (χ0n) is 16.7. The van der Waals surface area contributed by atoms with Crippen LogP contribution in [0, 0.1) is 0 Å². The normalized spacial score (nSPS) is 10.9. The molecule has 0 saturated heterocycles. The molecule has 158 valence electrons. The van der Waals surface area contributed by atoms with E-state index in [2.05, 4.69) is 15.8 Å². The summed E-state index contributed by atoms with van der Waals surface area (Å²) >= 11 is 6.06. The van der Waals surface area contributed by atoms with Crippen molar-refractivity contribution in [1.82, 2.24) is 5.43 Å². The van der Waals surface area contributed by atoms with E-state index in [1.807, 2.05) is 30.3 Å². The summed E-state index contributed by atoms with van der Waals surface area (Å²) in [5.74, 6) is -0.779. The number of nitrogens with zero attached hydrogens (tertiary/aromatic N) is 1. The zero-order chi connectivity index (χ0) is 22.5. The Kier molecular flexibility index (Phi) is 6.14. The average molecular weight is 444 g/mol. The molecular formula is C25H18ClN3O3. The number of aromatic hydroxyl groups is 1. The van der Waals surface area contributed by atoms with E-state index in [4.69, 9.17) is 11.6 Å². The first-order valence-electron chi connectivity index (χ1n) is 9.73. The summed E-state index contributed by atoms with van der Waals surface area (Å²) in [7, 11) is 0. The molecule has 4 aromatic rings. The van der Waals surface area contributed by atoms with E-state index in [-0.39, 0.29) is 11.7 Å². The van der Waals surface area contributed by atoms with Crippen LogP contribution in [-0.4, -0.2) is 23.1 Å². The Bertz CT molecular complexity index is 1350. The third-order valence-electron chi connectivity index (χ3n) is 4.81. The van der Waals surface area contributed by atoms with E-state index < -0.39 is 5.91 Å². The maximum Gasteiger partial charge on any atom is 0.271 e. The third-order valence-corrected chi connectivity index (χ3v) is 5.14. The van der Waals surface area contributed by atoms with Crippen molar-refractivity contribution >= 4 is 46.1 Å². The molecule has 0 unspecified atom stereocenters. The fraction of sp³-hybridized carbons (Fsp3) is 0. The van der Waals surface area contributed by atoms with Gasteiger partial charge in [0.05, 0.1) is 16.8 Å². The van der Waals surface area contributed by atoms with Gasteiger partial charge < -0.3 is 10.4 Å². The second-order valence-corrected chi connectivity index (χ2v) is 7.34. The predicted octanol–water partition coefficient (Wildman–Crippen LogP) is 5.22. The molecule has 0 radical (unpaired) electrons. The fourth-order valence-electron chi connectivity index (χ4n) is 3.22. The molecule has 0 heterocycles. The van der Waals surface area contributed by atoms with Crippen LogP contribution in [0.25, 0.3) is 10.8 Å². The van der Waals surface area contributed by atoms with Crippen molar-refractivity contribution in [2.24, 2.45) is 5.10 Å². The highest BCUT2D eigenvalue weighted by molar-refractivity contribution is 6.34. The fourth-order valence-corrected chi connectivity index (χ4v) is 3.44. The first-order chi connectivity index (χ1) is 15.5. The van der Waals surface area contributed by atoms with E-state index >= 15 is 0 Å². The van der Waals surface area contributed by atoms with Crippen LogP contribution in [0.3, 0.4) is 0 Å². The minimum absolute atomic E-state index is 0.0611. The van der Waals surface area contributed by atoms with Crippen LogP contribution in [-0.2, 0) is 0 Å². The Morgan fingerprint density at radius 3 is 2.50 bits per heavy atom. The Labute approximate surface area is 189 Å². The van der Waals surface area contributed by atoms with E-state index in [1.54, 1.807) is 48.5 Å². The van der Waals surface area contributed by atoms with Crippen molar-refractivity contribution in [3.05, 3.63) is 107 Å². The van der Waals surface area contributed by atoms with E-state index in [0.717, 1.165) is 10.8 Å². The molecule has 32 heavy (non-hydrogen) atoms. The smallest absolute Gasteiger partial charge is 0.271 e. The number of anilines is 1. The number of fused-ring (bicyclic) bond motifs is 1. The van der Waals surface area contributed by atoms with Crippen molar-refractivity contribution < 1.29 is 14.7 Å². The number of phenols is 1. The van der Waals surface area contributed by atoms with Gasteiger partial charge in [-0.15, -0.1) is 0 Å². The van der Waals surface area contributed by atoms with Gasteiger partial charge in [-0.2, -0.15) is 5.10 Å². The molecule has 7 heteroatoms. The Morgan fingerprint density at radius 1 is 0.875 bits per heavy atom. The van der Waals surface area contributed by atoms with Crippen molar-refractivity contribution in [3.63, 3.8) is 0 Å². The number of carbonyl (C=O) groups is 2. The highest BCUT2D eigenvalue weighted by Crippen LogP contribution is 2.25. The lowest BCUT2D eigenvalue weighted by molar-refractivity contribution is 0.0953. The van der Waals surface area contributed by atoms with Gasteiger partial charge in [-0.05, 0) is 47.2 Å². The first-order valence-corrected chi connectivity index (χ1v) is 10.1. The first kappa shape index (κ1) is 21.1. The van der Waals surface area contributed by atoms with Gasteiger partial charge >= 0.3 is 0 Å². The zero-order valence-corrected chi connectivity index (χ0v) is 17.5. The van der Waals surface area contributed by atoms with Gasteiger partial charge in [-0.25, -0.2) is 5.43 Å². The third kappa shape index (κ3) is 4.61. The molecule has 0 bridgehead atoms. The monoisotopic (exact) mass is 443 g/mol. The molecule has 0 spiro atoms. The van der Waals surface area contributed by atoms with Crippen LogP contribution in [0.5, 0.6) is 5.75 Å². The molecule has 0 fully saturated rings. The highest BCUT2D eigenvalue weighted by atomic mass is 35.5. The minimum Gasteiger partial charge on any atom is -0.507 e.